The molecule has 0 amide bonds. The van der Waals surface area contributed by atoms with Crippen LogP contribution in [-0.2, 0) is 12.0 Å². The van der Waals surface area contributed by atoms with Gasteiger partial charge in [-0.3, -0.25) is 0 Å². The standard InChI is InChI=1S/C15H21N3/c1-11-17-7-8-18(11)10-12-5-6-13(14(16)9-12)15(2,3)4/h5-9H,10,16H2,1-4H3. The lowest BCUT2D eigenvalue weighted by atomic mass is 9.85. The van der Waals surface area contributed by atoms with E-state index in [9.17, 15) is 0 Å². The highest BCUT2D eigenvalue weighted by atomic mass is 15.0. The number of benzene rings is 1. The molecule has 0 unspecified atom stereocenters. The van der Waals surface area contributed by atoms with Crippen LogP contribution in [0.1, 0.15) is 37.7 Å². The third-order valence-corrected chi connectivity index (χ3v) is 3.20. The van der Waals surface area contributed by atoms with Crippen LogP contribution in [0.3, 0.4) is 0 Å². The normalized spacial score (nSPS) is 11.8. The minimum absolute atomic E-state index is 0.0908. The molecule has 1 heterocycles. The van der Waals surface area contributed by atoms with Crippen LogP contribution < -0.4 is 5.73 Å². The van der Waals surface area contributed by atoms with E-state index in [0.717, 1.165) is 18.1 Å². The van der Waals surface area contributed by atoms with E-state index in [-0.39, 0.29) is 5.41 Å². The minimum atomic E-state index is 0.0908. The van der Waals surface area contributed by atoms with Gasteiger partial charge in [-0.1, -0.05) is 32.9 Å². The van der Waals surface area contributed by atoms with Gasteiger partial charge in [0.1, 0.15) is 5.82 Å². The summed E-state index contributed by atoms with van der Waals surface area (Å²) in [5.41, 5.74) is 9.53. The zero-order valence-electron chi connectivity index (χ0n) is 11.6. The quantitative estimate of drug-likeness (QED) is 0.824. The summed E-state index contributed by atoms with van der Waals surface area (Å²) in [6.07, 6.45) is 3.81. The summed E-state index contributed by atoms with van der Waals surface area (Å²) in [5.74, 6) is 1.02. The maximum Gasteiger partial charge on any atom is 0.105 e. The van der Waals surface area contributed by atoms with Crippen molar-refractivity contribution in [2.24, 2.45) is 0 Å². The molecule has 0 saturated carbocycles. The van der Waals surface area contributed by atoms with Gasteiger partial charge in [0.15, 0.2) is 0 Å². The predicted molar refractivity (Wildman–Crippen MR) is 75.6 cm³/mol. The summed E-state index contributed by atoms with van der Waals surface area (Å²) in [5, 5.41) is 0. The Kier molecular flexibility index (Phi) is 3.16. The van der Waals surface area contributed by atoms with Crippen molar-refractivity contribution in [3.8, 4) is 0 Å². The topological polar surface area (TPSA) is 43.8 Å². The monoisotopic (exact) mass is 243 g/mol. The Morgan fingerprint density at radius 1 is 1.28 bits per heavy atom. The summed E-state index contributed by atoms with van der Waals surface area (Å²) in [6.45, 7) is 9.36. The summed E-state index contributed by atoms with van der Waals surface area (Å²) < 4.78 is 2.12. The highest BCUT2D eigenvalue weighted by Crippen LogP contribution is 2.28. The van der Waals surface area contributed by atoms with E-state index in [1.165, 1.54) is 11.1 Å². The maximum absolute atomic E-state index is 6.15. The van der Waals surface area contributed by atoms with Crippen LogP contribution in [0.25, 0.3) is 0 Å². The van der Waals surface area contributed by atoms with Gasteiger partial charge in [0.2, 0.25) is 0 Å². The predicted octanol–water partition coefficient (Wildman–Crippen LogP) is 3.12. The first kappa shape index (κ1) is 12.7. The lowest BCUT2D eigenvalue weighted by molar-refractivity contribution is 0.592. The van der Waals surface area contributed by atoms with Gasteiger partial charge in [0.05, 0.1) is 0 Å². The Hall–Kier alpha value is -1.77. The van der Waals surface area contributed by atoms with E-state index in [4.69, 9.17) is 5.73 Å². The van der Waals surface area contributed by atoms with Crippen LogP contribution in [0.2, 0.25) is 0 Å². The minimum Gasteiger partial charge on any atom is -0.398 e. The van der Waals surface area contributed by atoms with Gasteiger partial charge in [-0.25, -0.2) is 4.98 Å². The second kappa shape index (κ2) is 4.48. The first-order valence-corrected chi connectivity index (χ1v) is 6.24. The van der Waals surface area contributed by atoms with Crippen molar-refractivity contribution in [1.82, 2.24) is 9.55 Å². The van der Waals surface area contributed by atoms with E-state index in [0.29, 0.717) is 0 Å². The molecular weight excluding hydrogens is 222 g/mol. The second-order valence-corrected chi connectivity index (χ2v) is 5.77. The van der Waals surface area contributed by atoms with E-state index in [2.05, 4.69) is 48.5 Å². The van der Waals surface area contributed by atoms with Crippen molar-refractivity contribution in [2.45, 2.75) is 39.7 Å². The number of aryl methyl sites for hydroxylation is 1. The van der Waals surface area contributed by atoms with E-state index < -0.39 is 0 Å². The summed E-state index contributed by atoms with van der Waals surface area (Å²) >= 11 is 0. The Bertz CT molecular complexity index is 547. The fourth-order valence-electron chi connectivity index (χ4n) is 2.16. The SMILES string of the molecule is Cc1nccn1Cc1ccc(C(C)(C)C)c(N)c1. The molecule has 0 aliphatic heterocycles. The van der Waals surface area contributed by atoms with Crippen LogP contribution >= 0.6 is 0 Å². The average molecular weight is 243 g/mol. The molecule has 3 heteroatoms. The molecule has 0 spiro atoms. The highest BCUT2D eigenvalue weighted by Gasteiger charge is 2.16. The molecule has 0 saturated heterocycles. The number of nitrogens with two attached hydrogens (primary N) is 1. The van der Waals surface area contributed by atoms with E-state index in [1.807, 2.05) is 19.3 Å². The number of imidazole rings is 1. The van der Waals surface area contributed by atoms with Crippen molar-refractivity contribution >= 4 is 5.69 Å². The number of hydrogen-bond acceptors (Lipinski definition) is 2. The average Bonchev–Trinajstić information content (AvgIpc) is 2.62. The zero-order chi connectivity index (χ0) is 13.3. The number of aromatic nitrogens is 2. The molecule has 0 fully saturated rings. The highest BCUT2D eigenvalue weighted by molar-refractivity contribution is 5.52. The largest absolute Gasteiger partial charge is 0.398 e. The fourth-order valence-corrected chi connectivity index (χ4v) is 2.16. The molecule has 2 rings (SSSR count). The molecule has 96 valence electrons. The van der Waals surface area contributed by atoms with Crippen molar-refractivity contribution in [1.29, 1.82) is 0 Å². The summed E-state index contributed by atoms with van der Waals surface area (Å²) in [4.78, 5) is 4.22. The summed E-state index contributed by atoms with van der Waals surface area (Å²) in [6, 6.07) is 6.35. The van der Waals surface area contributed by atoms with Gasteiger partial charge in [-0.15, -0.1) is 0 Å². The Labute approximate surface area is 109 Å². The molecule has 2 aromatic rings. The Morgan fingerprint density at radius 2 is 2.00 bits per heavy atom. The van der Waals surface area contributed by atoms with Gasteiger partial charge in [0, 0.05) is 24.6 Å². The molecule has 0 radical (unpaired) electrons. The van der Waals surface area contributed by atoms with Crippen LogP contribution in [0.15, 0.2) is 30.6 Å². The van der Waals surface area contributed by atoms with E-state index >= 15 is 0 Å². The van der Waals surface area contributed by atoms with Gasteiger partial charge in [-0.05, 0) is 29.5 Å². The Balaban J connectivity index is 2.27. The van der Waals surface area contributed by atoms with Crippen LogP contribution in [0, 0.1) is 6.92 Å². The molecular formula is C15H21N3. The second-order valence-electron chi connectivity index (χ2n) is 5.77. The molecule has 0 aliphatic carbocycles. The lowest BCUT2D eigenvalue weighted by Crippen LogP contribution is -2.14. The molecule has 0 aliphatic rings. The van der Waals surface area contributed by atoms with Crippen LogP contribution in [-0.4, -0.2) is 9.55 Å². The third-order valence-electron chi connectivity index (χ3n) is 3.20. The van der Waals surface area contributed by atoms with Crippen LogP contribution in [0.5, 0.6) is 0 Å². The molecule has 3 nitrogen and oxygen atoms in total. The summed E-state index contributed by atoms with van der Waals surface area (Å²) in [7, 11) is 0. The van der Waals surface area contributed by atoms with Gasteiger partial charge in [-0.2, -0.15) is 0 Å². The smallest absolute Gasteiger partial charge is 0.105 e. The lowest BCUT2D eigenvalue weighted by Gasteiger charge is -2.21. The number of nitrogens with zero attached hydrogens (tertiary/aromatic N) is 2. The third kappa shape index (κ3) is 2.55. The number of anilines is 1. The van der Waals surface area contributed by atoms with Crippen molar-refractivity contribution in [2.75, 3.05) is 5.73 Å². The van der Waals surface area contributed by atoms with Crippen molar-refractivity contribution in [3.05, 3.63) is 47.5 Å². The van der Waals surface area contributed by atoms with Gasteiger partial charge < -0.3 is 10.3 Å². The first-order chi connectivity index (χ1) is 8.38. The Morgan fingerprint density at radius 3 is 2.50 bits per heavy atom. The maximum atomic E-state index is 6.15. The van der Waals surface area contributed by atoms with Gasteiger partial charge >= 0.3 is 0 Å². The van der Waals surface area contributed by atoms with Crippen LogP contribution in [0.4, 0.5) is 5.69 Å². The van der Waals surface area contributed by atoms with E-state index in [1.54, 1.807) is 0 Å². The molecule has 1 aromatic heterocycles. The fraction of sp³-hybridized carbons (Fsp3) is 0.400. The number of rotatable bonds is 2. The van der Waals surface area contributed by atoms with Crippen molar-refractivity contribution in [3.63, 3.8) is 0 Å². The van der Waals surface area contributed by atoms with Gasteiger partial charge in [0.25, 0.3) is 0 Å². The number of hydrogen-bond donors (Lipinski definition) is 1. The van der Waals surface area contributed by atoms with Crippen molar-refractivity contribution < 1.29 is 0 Å². The zero-order valence-corrected chi connectivity index (χ0v) is 11.6. The molecule has 2 N–H and O–H groups in total. The molecule has 0 bridgehead atoms. The molecule has 18 heavy (non-hydrogen) atoms. The molecule has 1 aromatic carbocycles. The first-order valence-electron chi connectivity index (χ1n) is 6.24. The molecule has 0 atom stereocenters. The number of nitrogen functional groups attached to an aromatic ring is 1.